The number of oxazole rings is 1. The number of carbonyl (C=O) groups is 1. The van der Waals surface area contributed by atoms with Crippen molar-refractivity contribution in [2.75, 3.05) is 13.1 Å². The second kappa shape index (κ2) is 5.31. The number of nitrogens with zero attached hydrogens (tertiary/aromatic N) is 1. The highest BCUT2D eigenvalue weighted by Crippen LogP contribution is 2.10. The van der Waals surface area contributed by atoms with Gasteiger partial charge in [-0.05, 0) is 32.7 Å². The first-order valence-electron chi connectivity index (χ1n) is 6.12. The number of carbonyl (C=O) groups excluding carboxylic acids is 1. The first kappa shape index (κ1) is 12.1. The Kier molecular flexibility index (Phi) is 3.78. The molecule has 94 valence electrons. The molecule has 17 heavy (non-hydrogen) atoms. The Hall–Kier alpha value is -1.36. The smallest absolute Gasteiger partial charge is 0.289 e. The quantitative estimate of drug-likeness (QED) is 0.824. The van der Waals surface area contributed by atoms with Gasteiger partial charge in [0.15, 0.2) is 5.89 Å². The van der Waals surface area contributed by atoms with E-state index >= 15 is 0 Å². The molecule has 0 unspecified atom stereocenters. The fourth-order valence-corrected chi connectivity index (χ4v) is 2.19. The fraction of sp³-hybridized carbons (Fsp3) is 0.667. The van der Waals surface area contributed by atoms with E-state index in [0.717, 1.165) is 13.0 Å². The Bertz CT molecular complexity index is 394. The molecular weight excluding hydrogens is 218 g/mol. The zero-order valence-corrected chi connectivity index (χ0v) is 10.4. The highest BCUT2D eigenvalue weighted by molar-refractivity contribution is 5.92. The van der Waals surface area contributed by atoms with Gasteiger partial charge in [0.2, 0.25) is 5.76 Å². The van der Waals surface area contributed by atoms with E-state index in [2.05, 4.69) is 15.6 Å². The standard InChI is InChI=1S/C12H19N3O2/c1-8-11(17-9(2)15-8)12(16)14-7-5-10-4-3-6-13-10/h10,13H,3-7H2,1-2H3,(H,14,16)/t10-/m0/s1. The van der Waals surface area contributed by atoms with Crippen LogP contribution in [0.25, 0.3) is 0 Å². The maximum absolute atomic E-state index is 11.8. The summed E-state index contributed by atoms with van der Waals surface area (Å²) in [4.78, 5) is 15.9. The average molecular weight is 237 g/mol. The van der Waals surface area contributed by atoms with Crippen LogP contribution in [-0.4, -0.2) is 30.0 Å². The molecule has 0 bridgehead atoms. The van der Waals surface area contributed by atoms with Crippen LogP contribution in [0, 0.1) is 13.8 Å². The number of amides is 1. The monoisotopic (exact) mass is 237 g/mol. The predicted molar refractivity (Wildman–Crippen MR) is 64.0 cm³/mol. The molecule has 1 aromatic rings. The number of nitrogens with one attached hydrogen (secondary N) is 2. The molecular formula is C12H19N3O2. The van der Waals surface area contributed by atoms with Gasteiger partial charge in [-0.3, -0.25) is 4.79 Å². The van der Waals surface area contributed by atoms with E-state index < -0.39 is 0 Å². The minimum absolute atomic E-state index is 0.166. The lowest BCUT2D eigenvalue weighted by Gasteiger charge is -2.09. The van der Waals surface area contributed by atoms with Crippen LogP contribution in [0.4, 0.5) is 0 Å². The van der Waals surface area contributed by atoms with Crippen LogP contribution in [0.3, 0.4) is 0 Å². The van der Waals surface area contributed by atoms with E-state index in [1.54, 1.807) is 13.8 Å². The summed E-state index contributed by atoms with van der Waals surface area (Å²) in [5.41, 5.74) is 0.652. The van der Waals surface area contributed by atoms with Crippen molar-refractivity contribution in [1.29, 1.82) is 0 Å². The van der Waals surface area contributed by atoms with Gasteiger partial charge in [-0.1, -0.05) is 0 Å². The van der Waals surface area contributed by atoms with E-state index in [1.165, 1.54) is 12.8 Å². The summed E-state index contributed by atoms with van der Waals surface area (Å²) in [7, 11) is 0. The summed E-state index contributed by atoms with van der Waals surface area (Å²) in [6.07, 6.45) is 3.41. The molecule has 1 saturated heterocycles. The van der Waals surface area contributed by atoms with Crippen LogP contribution in [0.15, 0.2) is 4.42 Å². The zero-order valence-electron chi connectivity index (χ0n) is 10.4. The summed E-state index contributed by atoms with van der Waals surface area (Å²) in [6.45, 7) is 5.30. The minimum Gasteiger partial charge on any atom is -0.436 e. The lowest BCUT2D eigenvalue weighted by atomic mass is 10.1. The van der Waals surface area contributed by atoms with Gasteiger partial charge in [0.1, 0.15) is 0 Å². The summed E-state index contributed by atoms with van der Waals surface area (Å²) in [5.74, 6) is 0.702. The predicted octanol–water partition coefficient (Wildman–Crippen LogP) is 1.16. The molecule has 0 aromatic carbocycles. The molecule has 1 amide bonds. The molecule has 2 heterocycles. The molecule has 1 aliphatic rings. The van der Waals surface area contributed by atoms with Crippen molar-refractivity contribution < 1.29 is 9.21 Å². The first-order valence-corrected chi connectivity index (χ1v) is 6.12. The minimum atomic E-state index is -0.166. The fourth-order valence-electron chi connectivity index (χ4n) is 2.19. The Morgan fingerprint density at radius 3 is 3.00 bits per heavy atom. The molecule has 0 radical (unpaired) electrons. The average Bonchev–Trinajstić information content (AvgIpc) is 2.88. The molecule has 0 spiro atoms. The SMILES string of the molecule is Cc1nc(C)c(C(=O)NCC[C@@H]2CCCN2)o1. The zero-order chi connectivity index (χ0) is 12.3. The number of hydrogen-bond acceptors (Lipinski definition) is 4. The van der Waals surface area contributed by atoms with Crippen molar-refractivity contribution in [1.82, 2.24) is 15.6 Å². The summed E-state index contributed by atoms with van der Waals surface area (Å²) in [6, 6.07) is 0.549. The maximum atomic E-state index is 11.8. The van der Waals surface area contributed by atoms with Crippen molar-refractivity contribution in [3.63, 3.8) is 0 Å². The van der Waals surface area contributed by atoms with E-state index in [0.29, 0.717) is 29.9 Å². The van der Waals surface area contributed by atoms with Gasteiger partial charge in [0, 0.05) is 19.5 Å². The van der Waals surface area contributed by atoms with Gasteiger partial charge in [-0.25, -0.2) is 4.98 Å². The summed E-state index contributed by atoms with van der Waals surface area (Å²) >= 11 is 0. The third-order valence-electron chi connectivity index (χ3n) is 3.05. The van der Waals surface area contributed by atoms with Crippen molar-refractivity contribution in [2.24, 2.45) is 0 Å². The molecule has 1 fully saturated rings. The summed E-state index contributed by atoms with van der Waals surface area (Å²) in [5, 5.41) is 6.27. The van der Waals surface area contributed by atoms with Gasteiger partial charge in [0.05, 0.1) is 5.69 Å². The van der Waals surface area contributed by atoms with Crippen molar-refractivity contribution in [3.05, 3.63) is 17.3 Å². The van der Waals surface area contributed by atoms with Crippen LogP contribution in [0.5, 0.6) is 0 Å². The molecule has 1 atom stereocenters. The van der Waals surface area contributed by atoms with Crippen molar-refractivity contribution in [2.45, 2.75) is 39.2 Å². The Balaban J connectivity index is 1.78. The maximum Gasteiger partial charge on any atom is 0.289 e. The topological polar surface area (TPSA) is 67.2 Å². The van der Waals surface area contributed by atoms with Crippen LogP contribution in [0.1, 0.15) is 41.4 Å². The molecule has 5 heteroatoms. The summed E-state index contributed by atoms with van der Waals surface area (Å²) < 4.78 is 5.26. The van der Waals surface area contributed by atoms with E-state index in [4.69, 9.17) is 4.42 Å². The highest BCUT2D eigenvalue weighted by atomic mass is 16.4. The van der Waals surface area contributed by atoms with Crippen LogP contribution >= 0.6 is 0 Å². The first-order chi connectivity index (χ1) is 8.16. The third kappa shape index (κ3) is 3.06. The molecule has 5 nitrogen and oxygen atoms in total. The Labute approximate surface area is 101 Å². The molecule has 2 rings (SSSR count). The van der Waals surface area contributed by atoms with E-state index in [-0.39, 0.29) is 5.91 Å². The van der Waals surface area contributed by atoms with Gasteiger partial charge < -0.3 is 15.1 Å². The lowest BCUT2D eigenvalue weighted by Crippen LogP contribution is -2.30. The van der Waals surface area contributed by atoms with Crippen molar-refractivity contribution in [3.8, 4) is 0 Å². The molecule has 1 aromatic heterocycles. The second-order valence-corrected chi connectivity index (χ2v) is 4.49. The van der Waals surface area contributed by atoms with Crippen LogP contribution in [0.2, 0.25) is 0 Å². The number of hydrogen-bond donors (Lipinski definition) is 2. The van der Waals surface area contributed by atoms with Gasteiger partial charge in [-0.2, -0.15) is 0 Å². The van der Waals surface area contributed by atoms with Crippen molar-refractivity contribution >= 4 is 5.91 Å². The highest BCUT2D eigenvalue weighted by Gasteiger charge is 2.17. The van der Waals surface area contributed by atoms with E-state index in [1.807, 2.05) is 0 Å². The van der Waals surface area contributed by atoms with Gasteiger partial charge >= 0.3 is 0 Å². The van der Waals surface area contributed by atoms with Crippen LogP contribution < -0.4 is 10.6 Å². The van der Waals surface area contributed by atoms with E-state index in [9.17, 15) is 4.79 Å². The largest absolute Gasteiger partial charge is 0.436 e. The third-order valence-corrected chi connectivity index (χ3v) is 3.05. The molecule has 0 aliphatic carbocycles. The van der Waals surface area contributed by atoms with Gasteiger partial charge in [0.25, 0.3) is 5.91 Å². The Morgan fingerprint density at radius 1 is 1.59 bits per heavy atom. The number of aryl methyl sites for hydroxylation is 2. The molecule has 1 aliphatic heterocycles. The Morgan fingerprint density at radius 2 is 2.41 bits per heavy atom. The number of rotatable bonds is 4. The second-order valence-electron chi connectivity index (χ2n) is 4.49. The lowest BCUT2D eigenvalue weighted by molar-refractivity contribution is 0.0922. The normalized spacial score (nSPS) is 19.5. The molecule has 0 saturated carbocycles. The molecule has 2 N–H and O–H groups in total. The van der Waals surface area contributed by atoms with Gasteiger partial charge in [-0.15, -0.1) is 0 Å². The number of aromatic nitrogens is 1. The van der Waals surface area contributed by atoms with Crippen LogP contribution in [-0.2, 0) is 0 Å².